The molecule has 98 valence electrons. The lowest BCUT2D eigenvalue weighted by atomic mass is 10.3. The second-order valence-electron chi connectivity index (χ2n) is 3.94. The van der Waals surface area contributed by atoms with Gasteiger partial charge in [0.15, 0.2) is 0 Å². The van der Waals surface area contributed by atoms with Crippen molar-refractivity contribution in [2.75, 3.05) is 11.9 Å². The number of amides is 2. The molecule has 0 aliphatic heterocycles. The molecule has 0 saturated heterocycles. The Morgan fingerprint density at radius 3 is 2.58 bits per heavy atom. The van der Waals surface area contributed by atoms with Crippen LogP contribution in [0, 0.1) is 0 Å². The Bertz CT molecular complexity index is 577. The number of benzene rings is 1. The number of aryl methyl sites for hydroxylation is 1. The van der Waals surface area contributed by atoms with Crippen molar-refractivity contribution in [3.8, 4) is 0 Å². The Morgan fingerprint density at radius 1 is 1.21 bits per heavy atom. The van der Waals surface area contributed by atoms with Crippen molar-refractivity contribution in [1.29, 1.82) is 0 Å². The van der Waals surface area contributed by atoms with Crippen molar-refractivity contribution >= 4 is 17.5 Å². The molecule has 0 radical (unpaired) electrons. The minimum absolute atomic E-state index is 0.0844. The number of nitrogens with one attached hydrogen (secondary N) is 2. The Balaban J connectivity index is 1.84. The summed E-state index contributed by atoms with van der Waals surface area (Å²) >= 11 is 0. The van der Waals surface area contributed by atoms with Crippen LogP contribution in [0.1, 0.15) is 10.5 Å². The number of aromatic nitrogens is 2. The molecule has 0 atom stereocenters. The van der Waals surface area contributed by atoms with Crippen molar-refractivity contribution < 1.29 is 9.59 Å². The largest absolute Gasteiger partial charge is 0.342 e. The molecule has 2 N–H and O–H groups in total. The maximum atomic E-state index is 11.7. The van der Waals surface area contributed by atoms with Crippen LogP contribution in [0.2, 0.25) is 0 Å². The first-order chi connectivity index (χ1) is 9.16. The number of anilines is 1. The highest BCUT2D eigenvalue weighted by Crippen LogP contribution is 2.04. The molecule has 2 aromatic rings. The Hall–Kier alpha value is -2.63. The summed E-state index contributed by atoms with van der Waals surface area (Å²) < 4.78 is 1.45. The number of carbonyl (C=O) groups excluding carboxylic acids is 2. The van der Waals surface area contributed by atoms with Crippen molar-refractivity contribution in [1.82, 2.24) is 15.1 Å². The number of nitrogens with zero attached hydrogens (tertiary/aromatic N) is 2. The smallest absolute Gasteiger partial charge is 0.269 e. The maximum Gasteiger partial charge on any atom is 0.269 e. The fraction of sp³-hybridized carbons (Fsp3) is 0.154. The van der Waals surface area contributed by atoms with E-state index in [4.69, 9.17) is 0 Å². The van der Waals surface area contributed by atoms with E-state index < -0.39 is 0 Å². The average molecular weight is 258 g/mol. The van der Waals surface area contributed by atoms with Crippen molar-refractivity contribution in [3.05, 3.63) is 48.3 Å². The Labute approximate surface area is 110 Å². The van der Waals surface area contributed by atoms with Gasteiger partial charge in [0.1, 0.15) is 5.69 Å². The van der Waals surface area contributed by atoms with Crippen molar-refractivity contribution in [3.63, 3.8) is 0 Å². The Kier molecular flexibility index (Phi) is 3.92. The lowest BCUT2D eigenvalue weighted by molar-refractivity contribution is -0.115. The van der Waals surface area contributed by atoms with Crippen LogP contribution < -0.4 is 10.6 Å². The van der Waals surface area contributed by atoms with Gasteiger partial charge in [-0.15, -0.1) is 0 Å². The molecule has 0 saturated carbocycles. The van der Waals surface area contributed by atoms with E-state index in [1.54, 1.807) is 25.2 Å². The van der Waals surface area contributed by atoms with Crippen LogP contribution >= 0.6 is 0 Å². The van der Waals surface area contributed by atoms with Gasteiger partial charge in [0.25, 0.3) is 5.91 Å². The van der Waals surface area contributed by atoms with E-state index >= 15 is 0 Å². The van der Waals surface area contributed by atoms with Crippen LogP contribution in [0.4, 0.5) is 5.69 Å². The average Bonchev–Trinajstić information content (AvgIpc) is 2.83. The van der Waals surface area contributed by atoms with E-state index in [0.29, 0.717) is 11.4 Å². The number of hydrogen-bond donors (Lipinski definition) is 2. The maximum absolute atomic E-state index is 11.7. The molecule has 0 aliphatic rings. The van der Waals surface area contributed by atoms with E-state index in [1.807, 2.05) is 18.2 Å². The fourth-order valence-electron chi connectivity index (χ4n) is 1.57. The van der Waals surface area contributed by atoms with Gasteiger partial charge in [-0.1, -0.05) is 18.2 Å². The first kappa shape index (κ1) is 12.8. The molecule has 0 bridgehead atoms. The molecule has 6 heteroatoms. The summed E-state index contributed by atoms with van der Waals surface area (Å²) in [6, 6.07) is 10.7. The zero-order chi connectivity index (χ0) is 13.7. The highest BCUT2D eigenvalue weighted by atomic mass is 16.2. The van der Waals surface area contributed by atoms with Gasteiger partial charge < -0.3 is 10.6 Å². The lowest BCUT2D eigenvalue weighted by Gasteiger charge is -2.06. The van der Waals surface area contributed by atoms with Crippen LogP contribution in [0.3, 0.4) is 0 Å². The lowest BCUT2D eigenvalue weighted by Crippen LogP contribution is -2.33. The third-order valence-electron chi connectivity index (χ3n) is 2.52. The van der Waals surface area contributed by atoms with Gasteiger partial charge >= 0.3 is 0 Å². The molecular weight excluding hydrogens is 244 g/mol. The normalized spacial score (nSPS) is 9.95. The van der Waals surface area contributed by atoms with Gasteiger partial charge in [0, 0.05) is 18.9 Å². The van der Waals surface area contributed by atoms with Crippen molar-refractivity contribution in [2.24, 2.45) is 7.05 Å². The van der Waals surface area contributed by atoms with Gasteiger partial charge in [-0.05, 0) is 18.2 Å². The third-order valence-corrected chi connectivity index (χ3v) is 2.52. The van der Waals surface area contributed by atoms with Gasteiger partial charge in [-0.3, -0.25) is 14.3 Å². The highest BCUT2D eigenvalue weighted by Gasteiger charge is 2.11. The number of rotatable bonds is 4. The SMILES string of the molecule is Cn1nccc1C(=O)NCC(=O)Nc1ccccc1. The third kappa shape index (κ3) is 3.41. The van der Waals surface area contributed by atoms with E-state index in [2.05, 4.69) is 15.7 Å². The number of para-hydroxylation sites is 1. The molecule has 19 heavy (non-hydrogen) atoms. The fourth-order valence-corrected chi connectivity index (χ4v) is 1.57. The first-order valence-electron chi connectivity index (χ1n) is 5.78. The monoisotopic (exact) mass is 258 g/mol. The summed E-state index contributed by atoms with van der Waals surface area (Å²) in [5, 5.41) is 9.10. The van der Waals surface area contributed by atoms with Gasteiger partial charge in [0.05, 0.1) is 6.54 Å². The second kappa shape index (κ2) is 5.81. The topological polar surface area (TPSA) is 76.0 Å². The summed E-state index contributed by atoms with van der Waals surface area (Å²) in [4.78, 5) is 23.4. The molecular formula is C13H14N4O2. The second-order valence-corrected chi connectivity index (χ2v) is 3.94. The predicted octanol–water partition coefficient (Wildman–Crippen LogP) is 0.789. The molecule has 1 aromatic heterocycles. The van der Waals surface area contributed by atoms with E-state index in [1.165, 1.54) is 10.9 Å². The van der Waals surface area contributed by atoms with E-state index in [0.717, 1.165) is 0 Å². The molecule has 1 heterocycles. The quantitative estimate of drug-likeness (QED) is 0.851. The minimum atomic E-state index is -0.330. The predicted molar refractivity (Wildman–Crippen MR) is 70.6 cm³/mol. The van der Waals surface area contributed by atoms with E-state index in [-0.39, 0.29) is 18.4 Å². The zero-order valence-corrected chi connectivity index (χ0v) is 10.5. The Morgan fingerprint density at radius 2 is 1.95 bits per heavy atom. The molecule has 0 spiro atoms. The summed E-state index contributed by atoms with van der Waals surface area (Å²) in [5.41, 5.74) is 1.11. The van der Waals surface area contributed by atoms with Crippen LogP contribution in [-0.4, -0.2) is 28.1 Å². The summed E-state index contributed by atoms with van der Waals surface area (Å²) in [6.07, 6.45) is 1.53. The van der Waals surface area contributed by atoms with Gasteiger partial charge in [0.2, 0.25) is 5.91 Å². The highest BCUT2D eigenvalue weighted by molar-refractivity contribution is 5.98. The summed E-state index contributed by atoms with van der Waals surface area (Å²) in [6.45, 7) is -0.0844. The van der Waals surface area contributed by atoms with Crippen molar-refractivity contribution in [2.45, 2.75) is 0 Å². The molecule has 0 fully saturated rings. The van der Waals surface area contributed by atoms with Gasteiger partial charge in [-0.2, -0.15) is 5.10 Å². The zero-order valence-electron chi connectivity index (χ0n) is 10.5. The molecule has 2 rings (SSSR count). The molecule has 6 nitrogen and oxygen atoms in total. The number of carbonyl (C=O) groups is 2. The van der Waals surface area contributed by atoms with Crippen LogP contribution in [-0.2, 0) is 11.8 Å². The van der Waals surface area contributed by atoms with Gasteiger partial charge in [-0.25, -0.2) is 0 Å². The molecule has 0 aliphatic carbocycles. The van der Waals surface area contributed by atoms with E-state index in [9.17, 15) is 9.59 Å². The minimum Gasteiger partial charge on any atom is -0.342 e. The summed E-state index contributed by atoms with van der Waals surface area (Å²) in [5.74, 6) is -0.607. The van der Waals surface area contributed by atoms with Crippen LogP contribution in [0.5, 0.6) is 0 Å². The first-order valence-corrected chi connectivity index (χ1v) is 5.78. The van der Waals surface area contributed by atoms with Crippen LogP contribution in [0.15, 0.2) is 42.6 Å². The number of hydrogen-bond acceptors (Lipinski definition) is 3. The standard InChI is InChI=1S/C13H14N4O2/c1-17-11(7-8-15-17)13(19)14-9-12(18)16-10-5-3-2-4-6-10/h2-8H,9H2,1H3,(H,14,19)(H,16,18). The van der Waals surface area contributed by atoms with Crippen LogP contribution in [0.25, 0.3) is 0 Å². The molecule has 1 aromatic carbocycles. The molecule has 0 unspecified atom stereocenters. The summed E-state index contributed by atoms with van der Waals surface area (Å²) in [7, 11) is 1.67. The molecule has 2 amide bonds.